The summed E-state index contributed by atoms with van der Waals surface area (Å²) in [5.41, 5.74) is 23.5. The van der Waals surface area contributed by atoms with E-state index in [1.807, 2.05) is 71.6 Å². The molecule has 5 nitrogen and oxygen atoms in total. The highest BCUT2D eigenvalue weighted by molar-refractivity contribution is 8.00. The zero-order chi connectivity index (χ0) is 68.0. The quantitative estimate of drug-likeness (QED) is 0.113. The molecule has 0 spiro atoms. The van der Waals surface area contributed by atoms with Gasteiger partial charge in [-0.2, -0.15) is 13.2 Å². The summed E-state index contributed by atoms with van der Waals surface area (Å²) in [5, 5.41) is 0. The molecule has 15 aromatic rings. The van der Waals surface area contributed by atoms with Crippen LogP contribution in [0, 0.1) is 0 Å². The third-order valence-corrected chi connectivity index (χ3v) is 21.6. The minimum Gasteiger partial charge on any atom is -0.311 e. The summed E-state index contributed by atoms with van der Waals surface area (Å²) in [7, 11) is 0. The van der Waals surface area contributed by atoms with E-state index in [1.54, 1.807) is 17.8 Å². The molecule has 0 bridgehead atoms. The highest BCUT2D eigenvalue weighted by Gasteiger charge is 2.49. The van der Waals surface area contributed by atoms with Crippen molar-refractivity contribution in [1.82, 2.24) is 0 Å². The van der Waals surface area contributed by atoms with Gasteiger partial charge in [-0.3, -0.25) is 0 Å². The summed E-state index contributed by atoms with van der Waals surface area (Å²) < 4.78 is 51.3. The maximum atomic E-state index is 17.1. The van der Waals surface area contributed by atoms with Crippen LogP contribution in [-0.2, 0) is 6.18 Å². The summed E-state index contributed by atoms with van der Waals surface area (Å²) in [5.74, 6) is 0. The third-order valence-electron chi connectivity index (χ3n) is 20.4. The molecule has 0 atom stereocenters. The molecule has 102 heavy (non-hydrogen) atoms. The van der Waals surface area contributed by atoms with E-state index >= 15 is 13.2 Å². The number of nitrogens with zero attached hydrogens (tertiary/aromatic N) is 5. The van der Waals surface area contributed by atoms with Crippen molar-refractivity contribution in [3.63, 3.8) is 0 Å². The van der Waals surface area contributed by atoms with Crippen LogP contribution in [0.3, 0.4) is 0 Å². The van der Waals surface area contributed by atoms with Gasteiger partial charge in [0.25, 0.3) is 6.71 Å². The summed E-state index contributed by atoms with van der Waals surface area (Å²) in [6.07, 6.45) is -4.81. The second-order valence-electron chi connectivity index (χ2n) is 26.2. The maximum Gasteiger partial charge on any atom is 0.418 e. The van der Waals surface area contributed by atoms with Crippen LogP contribution in [0.15, 0.2) is 374 Å². The zero-order valence-corrected chi connectivity index (χ0v) is 55.9. The molecule has 19 rings (SSSR count). The Labute approximate surface area is 596 Å². The van der Waals surface area contributed by atoms with Gasteiger partial charge in [-0.1, -0.05) is 260 Å². The molecule has 0 radical (unpaired) electrons. The predicted octanol–water partition coefficient (Wildman–Crippen LogP) is 21.5. The zero-order valence-electron chi connectivity index (χ0n) is 55.1. The third kappa shape index (κ3) is 10.2. The van der Waals surface area contributed by atoms with Crippen LogP contribution in [0.25, 0.3) is 33.4 Å². The van der Waals surface area contributed by atoms with Gasteiger partial charge in [0.15, 0.2) is 0 Å². The van der Waals surface area contributed by atoms with Crippen molar-refractivity contribution in [2.45, 2.75) is 16.0 Å². The molecule has 482 valence electrons. The lowest BCUT2D eigenvalue weighted by Gasteiger charge is -2.46. The Hall–Kier alpha value is -12.4. The molecule has 0 aromatic heterocycles. The number of alkyl halides is 3. The van der Waals surface area contributed by atoms with Crippen LogP contribution in [-0.4, -0.2) is 13.4 Å². The van der Waals surface area contributed by atoms with Gasteiger partial charge >= 0.3 is 6.18 Å². The van der Waals surface area contributed by atoms with Gasteiger partial charge in [-0.15, -0.1) is 0 Å². The Morgan fingerprint density at radius 1 is 0.265 bits per heavy atom. The molecule has 0 saturated heterocycles. The molecular weight excluding hydrogens is 1270 g/mol. The number of hydrogen-bond acceptors (Lipinski definition) is 6. The largest absolute Gasteiger partial charge is 0.418 e. The first kappa shape index (κ1) is 60.7. The van der Waals surface area contributed by atoms with Crippen LogP contribution >= 0.6 is 11.8 Å². The normalized spacial score (nSPS) is 12.9. The minimum absolute atomic E-state index is 0.0416. The molecule has 11 heteroatoms. The van der Waals surface area contributed by atoms with Gasteiger partial charge < -0.3 is 24.5 Å². The fourth-order valence-corrected chi connectivity index (χ4v) is 17.3. The fourth-order valence-electron chi connectivity index (χ4n) is 16.1. The Balaban J connectivity index is 0.918. The summed E-state index contributed by atoms with van der Waals surface area (Å²) in [6.45, 7) is -0.769. The van der Waals surface area contributed by atoms with Crippen LogP contribution in [0.4, 0.5) is 98.5 Å². The standard InChI is InChI=1S/C91H60B2F3N5S/c94-91(95,96)75-42-26-41-74(65-31-12-3-13-32-65)90(75)101-82-60-86-79(93-77-44-23-25-46-81(77)100(69-39-20-7-21-40-69)85-57-73(58-87(102-86)89(85)93)97(66-33-14-4-15-34-66)67-35-16-5-17-36-67)59-78(82)92-76-43-22-24-45-80(76)99(68-37-18-6-19-38-68)83-55-72(56-84(101)88(83)92)98(70-51-47-63(48-52-70)61-27-8-1-9-28-61)71-53-49-64(50-54-71)62-29-10-2-11-30-62/h1-60H. The van der Waals surface area contributed by atoms with Crippen LogP contribution in [0.2, 0.25) is 0 Å². The number of hydrogen-bond donors (Lipinski definition) is 0. The Bertz CT molecular complexity index is 5560. The van der Waals surface area contributed by atoms with Crippen molar-refractivity contribution in [3.8, 4) is 33.4 Å². The van der Waals surface area contributed by atoms with Crippen molar-refractivity contribution < 1.29 is 13.2 Å². The van der Waals surface area contributed by atoms with Crippen molar-refractivity contribution in [2.24, 2.45) is 0 Å². The Kier molecular flexibility index (Phi) is 14.7. The van der Waals surface area contributed by atoms with Crippen molar-refractivity contribution in [2.75, 3.05) is 24.5 Å². The monoisotopic (exact) mass is 1330 g/mol. The van der Waals surface area contributed by atoms with Gasteiger partial charge in [0.2, 0.25) is 6.71 Å². The van der Waals surface area contributed by atoms with Crippen molar-refractivity contribution in [1.29, 1.82) is 0 Å². The van der Waals surface area contributed by atoms with Gasteiger partial charge in [-0.25, -0.2) is 0 Å². The average molecular weight is 1330 g/mol. The first-order chi connectivity index (χ1) is 50.3. The van der Waals surface area contributed by atoms with Gasteiger partial charge in [-0.05, 0) is 176 Å². The fraction of sp³-hybridized carbons (Fsp3) is 0.0110. The molecule has 0 amide bonds. The highest BCUT2D eigenvalue weighted by atomic mass is 32.2. The lowest BCUT2D eigenvalue weighted by molar-refractivity contribution is -0.137. The van der Waals surface area contributed by atoms with Gasteiger partial charge in [0.05, 0.1) is 16.9 Å². The summed E-state index contributed by atoms with van der Waals surface area (Å²) >= 11 is 1.70. The first-order valence-electron chi connectivity index (χ1n) is 34.4. The molecule has 0 aliphatic carbocycles. The molecule has 0 fully saturated rings. The van der Waals surface area contributed by atoms with E-state index < -0.39 is 18.5 Å². The average Bonchev–Trinajstić information content (AvgIpc) is 0.695. The maximum absolute atomic E-state index is 17.1. The highest BCUT2D eigenvalue weighted by Crippen LogP contribution is 2.55. The molecule has 0 N–H and O–H groups in total. The number of anilines is 15. The molecule has 4 aliphatic heterocycles. The topological polar surface area (TPSA) is 16.2 Å². The second-order valence-corrected chi connectivity index (χ2v) is 27.3. The second kappa shape index (κ2) is 24.8. The van der Waals surface area contributed by atoms with Crippen LogP contribution in [0.1, 0.15) is 5.56 Å². The van der Waals surface area contributed by atoms with Crippen LogP contribution in [0.5, 0.6) is 0 Å². The van der Waals surface area contributed by atoms with E-state index in [9.17, 15) is 0 Å². The van der Waals surface area contributed by atoms with Crippen molar-refractivity contribution in [3.05, 3.63) is 370 Å². The van der Waals surface area contributed by atoms with E-state index in [-0.39, 0.29) is 12.4 Å². The molecule has 15 aromatic carbocycles. The van der Waals surface area contributed by atoms with E-state index in [0.717, 1.165) is 128 Å². The number of fused-ring (bicyclic) bond motifs is 8. The van der Waals surface area contributed by atoms with E-state index in [0.29, 0.717) is 22.5 Å². The van der Waals surface area contributed by atoms with E-state index in [2.05, 4.69) is 305 Å². The smallest absolute Gasteiger partial charge is 0.311 e. The Morgan fingerprint density at radius 3 is 1.15 bits per heavy atom. The van der Waals surface area contributed by atoms with Gasteiger partial charge in [0.1, 0.15) is 0 Å². The number of benzene rings is 15. The lowest BCUT2D eigenvalue weighted by atomic mass is 9.31. The Morgan fingerprint density at radius 2 is 0.657 bits per heavy atom. The summed E-state index contributed by atoms with van der Waals surface area (Å²) in [6, 6.07) is 125. The molecular formula is C91H60B2F3N5S. The van der Waals surface area contributed by atoms with Gasteiger partial charge in [0, 0.05) is 89.3 Å². The number of para-hydroxylation sites is 7. The predicted molar refractivity (Wildman–Crippen MR) is 421 cm³/mol. The summed E-state index contributed by atoms with van der Waals surface area (Å²) in [4.78, 5) is 13.3. The molecule has 4 aliphatic rings. The van der Waals surface area contributed by atoms with E-state index in [4.69, 9.17) is 0 Å². The first-order valence-corrected chi connectivity index (χ1v) is 35.3. The van der Waals surface area contributed by atoms with Crippen molar-refractivity contribution >= 4 is 143 Å². The van der Waals surface area contributed by atoms with Crippen LogP contribution < -0.4 is 57.3 Å². The van der Waals surface area contributed by atoms with E-state index in [1.165, 1.54) is 11.5 Å². The molecule has 0 saturated carbocycles. The molecule has 0 unspecified atom stereocenters. The number of rotatable bonds is 12. The minimum atomic E-state index is -4.81. The SMILES string of the molecule is FC(F)(F)c1cccc(-c2ccccc2)c1N1c2cc3c(cc2B2c4ccccc4N(c4ccccc4)c4cc(N(c5ccc(-c6ccccc6)cc5)c5ccc(-c6ccccc6)cc5)cc1c42)B1c2ccccc2N(c2ccccc2)c2cc(N(c4ccccc4)c4ccccc4)cc(c21)S3. The number of halogens is 3. The lowest BCUT2D eigenvalue weighted by Crippen LogP contribution is -2.64. The molecule has 4 heterocycles.